The van der Waals surface area contributed by atoms with Crippen LogP contribution in [-0.2, 0) is 25.2 Å². The Bertz CT molecular complexity index is 866. The maximum atomic E-state index is 12.0. The van der Waals surface area contributed by atoms with Crippen molar-refractivity contribution in [2.75, 3.05) is 34.6 Å². The number of hydrogen-bond donors (Lipinski definition) is 3. The zero-order valence-electron chi connectivity index (χ0n) is 15.5. The molecule has 1 atom stereocenters. The molecule has 0 saturated heterocycles. The van der Waals surface area contributed by atoms with E-state index in [1.165, 1.54) is 6.92 Å². The van der Waals surface area contributed by atoms with E-state index in [2.05, 4.69) is 16.0 Å². The van der Waals surface area contributed by atoms with Gasteiger partial charge in [-0.3, -0.25) is 18.6 Å². The molecule has 8 nitrogen and oxygen atoms in total. The molecule has 0 heterocycles. The molecule has 0 radical (unpaired) electrons. The molecule has 0 aromatic heterocycles. The first-order valence-electron chi connectivity index (χ1n) is 8.32. The number of rotatable bonds is 8. The Morgan fingerprint density at radius 3 is 1.57 bits per heavy atom. The highest BCUT2D eigenvalue weighted by Crippen LogP contribution is 2.15. The zero-order chi connectivity index (χ0) is 20.5. The normalized spacial score (nSPS) is 11.2. The van der Waals surface area contributed by atoms with E-state index in [4.69, 9.17) is 4.74 Å². The summed E-state index contributed by atoms with van der Waals surface area (Å²) in [4.78, 5) is 34.9. The second-order valence-electron chi connectivity index (χ2n) is 5.81. The van der Waals surface area contributed by atoms with Crippen molar-refractivity contribution in [1.82, 2.24) is 0 Å². The summed E-state index contributed by atoms with van der Waals surface area (Å²) in [5.74, 6) is -1.05. The second-order valence-corrected chi connectivity index (χ2v) is 7.27. The molecule has 2 aromatic carbocycles. The maximum absolute atomic E-state index is 12.0. The number of carbonyl (C=O) groups excluding carboxylic acids is 3. The minimum absolute atomic E-state index is 0.194. The van der Waals surface area contributed by atoms with E-state index < -0.39 is 22.6 Å². The topological polar surface area (TPSA) is 114 Å². The Labute approximate surface area is 165 Å². The number of ether oxygens (including phenoxy) is 1. The van der Waals surface area contributed by atoms with Gasteiger partial charge in [-0.1, -0.05) is 0 Å². The number of carbonyl (C=O) groups is 3. The summed E-state index contributed by atoms with van der Waals surface area (Å²) in [7, 11) is -0.111. The van der Waals surface area contributed by atoms with Crippen LogP contribution in [0.25, 0.3) is 0 Å². The van der Waals surface area contributed by atoms with E-state index in [-0.39, 0.29) is 17.4 Å². The monoisotopic (exact) mass is 403 g/mol. The van der Waals surface area contributed by atoms with Gasteiger partial charge in [0.2, 0.25) is 17.7 Å². The Morgan fingerprint density at radius 2 is 1.18 bits per heavy atom. The summed E-state index contributed by atoms with van der Waals surface area (Å²) < 4.78 is 17.1. The van der Waals surface area contributed by atoms with Crippen LogP contribution in [0.4, 0.5) is 17.1 Å². The van der Waals surface area contributed by atoms with Crippen LogP contribution in [0.2, 0.25) is 0 Å². The smallest absolute Gasteiger partial charge is 0.237 e. The third kappa shape index (κ3) is 7.20. The molecule has 148 valence electrons. The van der Waals surface area contributed by atoms with Gasteiger partial charge in [-0.25, -0.2) is 0 Å². The molecule has 0 unspecified atom stereocenters. The van der Waals surface area contributed by atoms with E-state index >= 15 is 0 Å². The molecule has 0 aliphatic carbocycles. The van der Waals surface area contributed by atoms with E-state index in [9.17, 15) is 18.6 Å². The lowest BCUT2D eigenvalue weighted by atomic mass is 10.3. The molecule has 2 rings (SSSR count). The Hall–Kier alpha value is -3.20. The maximum Gasteiger partial charge on any atom is 0.237 e. The van der Waals surface area contributed by atoms with Crippen LogP contribution in [0.5, 0.6) is 5.75 Å². The molecule has 9 heteroatoms. The van der Waals surface area contributed by atoms with Crippen molar-refractivity contribution in [2.45, 2.75) is 6.92 Å². The number of benzene rings is 2. The molecule has 0 aliphatic rings. The predicted molar refractivity (Wildman–Crippen MR) is 109 cm³/mol. The van der Waals surface area contributed by atoms with E-state index in [0.29, 0.717) is 22.8 Å². The summed E-state index contributed by atoms with van der Waals surface area (Å²) in [6.45, 7) is 1.40. The van der Waals surface area contributed by atoms with Gasteiger partial charge in [0.1, 0.15) is 17.3 Å². The number of hydrogen-bond acceptors (Lipinski definition) is 5. The first-order chi connectivity index (χ1) is 13.4. The first-order valence-corrected chi connectivity index (χ1v) is 9.81. The summed E-state index contributed by atoms with van der Waals surface area (Å²) >= 11 is 0. The van der Waals surface area contributed by atoms with Crippen molar-refractivity contribution in [2.24, 2.45) is 0 Å². The molecule has 3 N–H and O–H groups in total. The van der Waals surface area contributed by atoms with Gasteiger partial charge in [-0.05, 0) is 48.5 Å². The van der Waals surface area contributed by atoms with E-state index in [1.54, 1.807) is 55.6 Å². The molecule has 0 spiro atoms. The Balaban J connectivity index is 1.78. The summed E-state index contributed by atoms with van der Waals surface area (Å²) in [6.07, 6.45) is 0. The second kappa shape index (κ2) is 10.2. The molecular formula is C19H21N3O5S. The quantitative estimate of drug-likeness (QED) is 0.624. The van der Waals surface area contributed by atoms with Crippen molar-refractivity contribution in [3.8, 4) is 5.75 Å². The summed E-state index contributed by atoms with van der Waals surface area (Å²) in [5.41, 5.74) is 1.65. The van der Waals surface area contributed by atoms with Crippen LogP contribution in [-0.4, -0.2) is 40.5 Å². The predicted octanol–water partition coefficient (Wildman–Crippen LogP) is 1.98. The molecule has 0 fully saturated rings. The lowest BCUT2D eigenvalue weighted by molar-refractivity contribution is -0.115. The van der Waals surface area contributed by atoms with Crippen LogP contribution in [0.3, 0.4) is 0 Å². The molecule has 0 bridgehead atoms. The number of anilines is 3. The highest BCUT2D eigenvalue weighted by molar-refractivity contribution is 7.86. The average molecular weight is 403 g/mol. The number of nitrogens with one attached hydrogen (secondary N) is 3. The van der Waals surface area contributed by atoms with Crippen molar-refractivity contribution >= 4 is 45.6 Å². The standard InChI is InChI=1S/C19H21N3O5S/c1-13(23)20-14-3-5-15(6-4-14)21-18(24)11-28(26)12-19(25)22-16-7-9-17(27-2)10-8-16/h3-10H,11-12H2,1-2H3,(H,20,23)(H,21,24)(H,22,25)/t28-/m1/s1. The van der Waals surface area contributed by atoms with Gasteiger partial charge in [-0.2, -0.15) is 0 Å². The van der Waals surface area contributed by atoms with Gasteiger partial charge in [0.05, 0.1) is 7.11 Å². The van der Waals surface area contributed by atoms with Crippen molar-refractivity contribution in [3.63, 3.8) is 0 Å². The lowest BCUT2D eigenvalue weighted by Gasteiger charge is -2.08. The van der Waals surface area contributed by atoms with Gasteiger partial charge in [-0.15, -0.1) is 0 Å². The fourth-order valence-electron chi connectivity index (χ4n) is 2.25. The van der Waals surface area contributed by atoms with Crippen LogP contribution in [0.1, 0.15) is 6.92 Å². The fourth-order valence-corrected chi connectivity index (χ4v) is 3.08. The van der Waals surface area contributed by atoms with Crippen LogP contribution in [0, 0.1) is 0 Å². The minimum atomic E-state index is -1.65. The Kier molecular flexibility index (Phi) is 7.70. The third-order valence-electron chi connectivity index (χ3n) is 3.45. The van der Waals surface area contributed by atoms with Crippen LogP contribution >= 0.6 is 0 Å². The molecule has 2 aromatic rings. The highest BCUT2D eigenvalue weighted by atomic mass is 32.2. The lowest BCUT2D eigenvalue weighted by Crippen LogP contribution is -2.26. The molecule has 0 saturated carbocycles. The third-order valence-corrected chi connectivity index (χ3v) is 4.62. The number of amides is 3. The van der Waals surface area contributed by atoms with Crippen LogP contribution < -0.4 is 20.7 Å². The Morgan fingerprint density at radius 1 is 0.786 bits per heavy atom. The van der Waals surface area contributed by atoms with Gasteiger partial charge < -0.3 is 20.7 Å². The van der Waals surface area contributed by atoms with Gasteiger partial charge in [0, 0.05) is 34.8 Å². The van der Waals surface area contributed by atoms with Gasteiger partial charge >= 0.3 is 0 Å². The van der Waals surface area contributed by atoms with Crippen molar-refractivity contribution in [3.05, 3.63) is 48.5 Å². The van der Waals surface area contributed by atoms with Gasteiger partial charge in [0.25, 0.3) is 0 Å². The summed E-state index contributed by atoms with van der Waals surface area (Å²) in [6, 6.07) is 13.2. The SMILES string of the molecule is COc1ccc(NC(=O)C[S@](=O)CC(=O)Nc2ccc(NC(C)=O)cc2)cc1. The minimum Gasteiger partial charge on any atom is -0.497 e. The van der Waals surface area contributed by atoms with Crippen LogP contribution in [0.15, 0.2) is 48.5 Å². The molecule has 3 amide bonds. The highest BCUT2D eigenvalue weighted by Gasteiger charge is 2.13. The fraction of sp³-hybridized carbons (Fsp3) is 0.211. The molecular weight excluding hydrogens is 382 g/mol. The summed E-state index contributed by atoms with van der Waals surface area (Å²) in [5, 5.41) is 7.83. The van der Waals surface area contributed by atoms with Gasteiger partial charge in [0.15, 0.2) is 0 Å². The van der Waals surface area contributed by atoms with E-state index in [0.717, 1.165) is 0 Å². The molecule has 0 aliphatic heterocycles. The number of methoxy groups -OCH3 is 1. The largest absolute Gasteiger partial charge is 0.497 e. The zero-order valence-corrected chi connectivity index (χ0v) is 16.3. The van der Waals surface area contributed by atoms with Crippen molar-refractivity contribution < 1.29 is 23.3 Å². The van der Waals surface area contributed by atoms with Crippen molar-refractivity contribution in [1.29, 1.82) is 0 Å². The average Bonchev–Trinajstić information content (AvgIpc) is 2.63. The van der Waals surface area contributed by atoms with E-state index in [1.807, 2.05) is 0 Å². The first kappa shape index (κ1) is 21.1. The molecule has 28 heavy (non-hydrogen) atoms.